The summed E-state index contributed by atoms with van der Waals surface area (Å²) in [4.78, 5) is 13.0. The first-order valence-electron chi connectivity index (χ1n) is 10.8. The number of allylic oxidation sites excluding steroid dienone is 1. The van der Waals surface area contributed by atoms with E-state index in [4.69, 9.17) is 0 Å². The Morgan fingerprint density at radius 3 is 2.53 bits per heavy atom. The normalized spacial score (nSPS) is 12.1. The van der Waals surface area contributed by atoms with Crippen LogP contribution in [-0.4, -0.2) is 35.0 Å². The van der Waals surface area contributed by atoms with Crippen molar-refractivity contribution in [2.45, 2.75) is 45.7 Å². The zero-order chi connectivity index (χ0) is 22.5. The number of rotatable bonds is 9. The van der Waals surface area contributed by atoms with Gasteiger partial charge in [-0.3, -0.25) is 4.57 Å². The number of aryl methyl sites for hydroxylation is 1. The number of tetrazole rings is 1. The fourth-order valence-corrected chi connectivity index (χ4v) is 3.69. The number of benzene rings is 2. The Balaban J connectivity index is 1.64. The van der Waals surface area contributed by atoms with Gasteiger partial charge in [0.15, 0.2) is 0 Å². The van der Waals surface area contributed by atoms with Gasteiger partial charge in [0.1, 0.15) is 5.82 Å². The van der Waals surface area contributed by atoms with Crippen LogP contribution in [0.1, 0.15) is 44.0 Å². The predicted octanol–water partition coefficient (Wildman–Crippen LogP) is 4.03. The Morgan fingerprint density at radius 1 is 1.12 bits per heavy atom. The molecular formula is C24H27N7O. The number of nitrogens with zero attached hydrogens (tertiary/aromatic N) is 6. The second-order valence-electron chi connectivity index (χ2n) is 7.81. The highest BCUT2D eigenvalue weighted by Gasteiger charge is 2.18. The molecule has 0 radical (unpaired) electrons. The summed E-state index contributed by atoms with van der Waals surface area (Å²) >= 11 is 0. The van der Waals surface area contributed by atoms with Crippen molar-refractivity contribution >= 4 is 0 Å². The predicted molar refractivity (Wildman–Crippen MR) is 124 cm³/mol. The fraction of sp³-hybridized carbons (Fsp3) is 0.292. The average Bonchev–Trinajstić information content (AvgIpc) is 3.47. The molecule has 32 heavy (non-hydrogen) atoms. The molecule has 0 spiro atoms. The summed E-state index contributed by atoms with van der Waals surface area (Å²) in [6.45, 7) is 8.99. The van der Waals surface area contributed by atoms with E-state index in [0.717, 1.165) is 34.5 Å². The first kappa shape index (κ1) is 21.4. The zero-order valence-electron chi connectivity index (χ0n) is 18.4. The van der Waals surface area contributed by atoms with E-state index in [1.807, 2.05) is 24.3 Å². The third-order valence-corrected chi connectivity index (χ3v) is 5.67. The molecule has 4 rings (SSSR count). The Hall–Kier alpha value is -3.81. The van der Waals surface area contributed by atoms with Gasteiger partial charge in [-0.05, 0) is 34.7 Å². The van der Waals surface area contributed by atoms with E-state index in [2.05, 4.69) is 70.4 Å². The first-order chi connectivity index (χ1) is 15.6. The van der Waals surface area contributed by atoms with Crippen LogP contribution >= 0.6 is 0 Å². The molecule has 0 aliphatic heterocycles. The van der Waals surface area contributed by atoms with Crippen LogP contribution in [0.25, 0.3) is 22.5 Å². The number of hydrogen-bond donors (Lipinski definition) is 1. The van der Waals surface area contributed by atoms with Gasteiger partial charge in [0.2, 0.25) is 5.82 Å². The molecule has 1 atom stereocenters. The van der Waals surface area contributed by atoms with Crippen molar-refractivity contribution < 1.29 is 0 Å². The van der Waals surface area contributed by atoms with E-state index in [-0.39, 0.29) is 11.6 Å². The highest BCUT2D eigenvalue weighted by Crippen LogP contribution is 2.29. The highest BCUT2D eigenvalue weighted by atomic mass is 16.2. The molecule has 0 aliphatic rings. The lowest BCUT2D eigenvalue weighted by atomic mass is 9.98. The van der Waals surface area contributed by atoms with E-state index in [1.165, 1.54) is 0 Å². The molecule has 0 bridgehead atoms. The van der Waals surface area contributed by atoms with Crippen LogP contribution in [0.2, 0.25) is 0 Å². The SMILES string of the molecule is C=CCCn1nc(C(C)CC)n(Cc2ccc(-c3ccccc3-c3nn[nH]n3)cc2)c1=O. The summed E-state index contributed by atoms with van der Waals surface area (Å²) < 4.78 is 3.35. The first-order valence-corrected chi connectivity index (χ1v) is 10.8. The fourth-order valence-electron chi connectivity index (χ4n) is 3.69. The maximum Gasteiger partial charge on any atom is 0.346 e. The molecule has 2 aromatic heterocycles. The summed E-state index contributed by atoms with van der Waals surface area (Å²) in [5.74, 6) is 1.59. The lowest BCUT2D eigenvalue weighted by molar-refractivity contribution is 0.581. The lowest BCUT2D eigenvalue weighted by Gasteiger charge is -2.11. The molecule has 0 aliphatic carbocycles. The summed E-state index contributed by atoms with van der Waals surface area (Å²) in [7, 11) is 0. The van der Waals surface area contributed by atoms with Crippen LogP contribution < -0.4 is 5.69 Å². The quantitative estimate of drug-likeness (QED) is 0.405. The Bertz CT molecular complexity index is 1240. The van der Waals surface area contributed by atoms with Gasteiger partial charge in [0, 0.05) is 18.0 Å². The van der Waals surface area contributed by atoms with Crippen LogP contribution in [0.5, 0.6) is 0 Å². The second-order valence-corrected chi connectivity index (χ2v) is 7.81. The highest BCUT2D eigenvalue weighted by molar-refractivity contribution is 5.80. The molecule has 164 valence electrons. The number of hydrogen-bond acceptors (Lipinski definition) is 5. The molecule has 0 saturated carbocycles. The van der Waals surface area contributed by atoms with Gasteiger partial charge in [0.05, 0.1) is 6.54 Å². The van der Waals surface area contributed by atoms with Crippen molar-refractivity contribution in [3.63, 3.8) is 0 Å². The molecule has 0 fully saturated rings. The van der Waals surface area contributed by atoms with E-state index < -0.39 is 0 Å². The van der Waals surface area contributed by atoms with E-state index >= 15 is 0 Å². The van der Waals surface area contributed by atoms with Gasteiger partial charge in [-0.1, -0.05) is 68.5 Å². The summed E-state index contributed by atoms with van der Waals surface area (Å²) in [5, 5.41) is 19.0. The maximum absolute atomic E-state index is 13.0. The van der Waals surface area contributed by atoms with Gasteiger partial charge in [-0.2, -0.15) is 10.3 Å². The van der Waals surface area contributed by atoms with Crippen molar-refractivity contribution in [1.82, 2.24) is 35.0 Å². The second kappa shape index (κ2) is 9.55. The summed E-state index contributed by atoms with van der Waals surface area (Å²) in [5.41, 5.74) is 3.95. The molecule has 2 aromatic carbocycles. The van der Waals surface area contributed by atoms with Gasteiger partial charge in [0.25, 0.3) is 0 Å². The van der Waals surface area contributed by atoms with Crippen molar-refractivity contribution in [2.75, 3.05) is 0 Å². The van der Waals surface area contributed by atoms with Crippen molar-refractivity contribution in [1.29, 1.82) is 0 Å². The third-order valence-electron chi connectivity index (χ3n) is 5.67. The van der Waals surface area contributed by atoms with Crippen molar-refractivity contribution in [3.8, 4) is 22.5 Å². The van der Waals surface area contributed by atoms with Gasteiger partial charge in [-0.25, -0.2) is 9.48 Å². The average molecular weight is 430 g/mol. The molecular weight excluding hydrogens is 402 g/mol. The van der Waals surface area contributed by atoms with Crippen LogP contribution in [0, 0.1) is 0 Å². The standard InChI is InChI=1S/C24H27N7O/c1-4-6-15-31-24(32)30(23(27-31)17(3)5-2)16-18-11-13-19(14-12-18)20-9-7-8-10-21(20)22-25-28-29-26-22/h4,7-14,17H,1,5-6,15-16H2,2-3H3,(H,25,26,28,29). The minimum atomic E-state index is -0.0753. The lowest BCUT2D eigenvalue weighted by Crippen LogP contribution is -2.26. The molecule has 8 nitrogen and oxygen atoms in total. The smallest absolute Gasteiger partial charge is 0.274 e. The third kappa shape index (κ3) is 4.30. The van der Waals surface area contributed by atoms with Crippen LogP contribution in [0.15, 0.2) is 66.0 Å². The number of H-pyrrole nitrogens is 1. The zero-order valence-corrected chi connectivity index (χ0v) is 18.4. The largest absolute Gasteiger partial charge is 0.346 e. The molecule has 1 N–H and O–H groups in total. The van der Waals surface area contributed by atoms with Gasteiger partial charge in [-0.15, -0.1) is 16.8 Å². The molecule has 0 saturated heterocycles. The van der Waals surface area contributed by atoms with Crippen LogP contribution in [0.3, 0.4) is 0 Å². The number of aromatic amines is 1. The van der Waals surface area contributed by atoms with Crippen molar-refractivity contribution in [3.05, 3.63) is 83.1 Å². The molecule has 8 heteroatoms. The molecule has 2 heterocycles. The minimum absolute atomic E-state index is 0.0753. The number of aromatic nitrogens is 7. The summed E-state index contributed by atoms with van der Waals surface area (Å²) in [6.07, 6.45) is 3.44. The van der Waals surface area contributed by atoms with E-state index in [9.17, 15) is 4.79 Å². The summed E-state index contributed by atoms with van der Waals surface area (Å²) in [6, 6.07) is 16.2. The van der Waals surface area contributed by atoms with Crippen molar-refractivity contribution in [2.24, 2.45) is 0 Å². The Morgan fingerprint density at radius 2 is 1.88 bits per heavy atom. The van der Waals surface area contributed by atoms with Crippen LogP contribution in [-0.2, 0) is 13.1 Å². The molecule has 4 aromatic rings. The Labute approximate surface area is 186 Å². The van der Waals surface area contributed by atoms with E-state index in [0.29, 0.717) is 25.3 Å². The number of nitrogens with one attached hydrogen (secondary N) is 1. The molecule has 0 amide bonds. The van der Waals surface area contributed by atoms with Crippen LogP contribution in [0.4, 0.5) is 0 Å². The Kier molecular flexibility index (Phi) is 6.39. The molecule has 1 unspecified atom stereocenters. The maximum atomic E-state index is 13.0. The monoisotopic (exact) mass is 429 g/mol. The van der Waals surface area contributed by atoms with Gasteiger partial charge >= 0.3 is 5.69 Å². The van der Waals surface area contributed by atoms with Gasteiger partial charge < -0.3 is 0 Å². The minimum Gasteiger partial charge on any atom is -0.274 e. The van der Waals surface area contributed by atoms with E-state index in [1.54, 1.807) is 15.3 Å². The topological polar surface area (TPSA) is 94.3 Å².